The number of carbonyl (C=O) groups is 2. The van der Waals surface area contributed by atoms with Gasteiger partial charge in [-0.3, -0.25) is 14.5 Å². The molecule has 1 amide bonds. The number of nitrogens with one attached hydrogen (secondary N) is 2. The molecule has 3 rings (SSSR count). The predicted molar refractivity (Wildman–Crippen MR) is 110 cm³/mol. The summed E-state index contributed by atoms with van der Waals surface area (Å²) < 4.78 is 0.839. The molecule has 1 unspecified atom stereocenters. The van der Waals surface area contributed by atoms with Gasteiger partial charge in [0.05, 0.1) is 12.6 Å². The third-order valence-corrected chi connectivity index (χ3v) is 5.04. The first-order valence-electron chi connectivity index (χ1n) is 8.60. The second-order valence-corrected chi connectivity index (χ2v) is 7.45. The van der Waals surface area contributed by atoms with Gasteiger partial charge in [0.25, 0.3) is 0 Å². The molecule has 3 aromatic rings. The Morgan fingerprint density at radius 3 is 2.70 bits per heavy atom. The lowest BCUT2D eigenvalue weighted by Crippen LogP contribution is -2.41. The van der Waals surface area contributed by atoms with Crippen molar-refractivity contribution >= 4 is 44.3 Å². The zero-order valence-electron chi connectivity index (χ0n) is 15.4. The molecule has 2 aromatic heterocycles. The summed E-state index contributed by atoms with van der Waals surface area (Å²) in [7, 11) is 1.77. The summed E-state index contributed by atoms with van der Waals surface area (Å²) in [4.78, 5) is 34.4. The zero-order valence-corrected chi connectivity index (χ0v) is 17.0. The molecule has 0 saturated carbocycles. The van der Waals surface area contributed by atoms with Crippen molar-refractivity contribution in [1.29, 1.82) is 0 Å². The molecule has 0 radical (unpaired) electrons. The van der Waals surface area contributed by atoms with Crippen molar-refractivity contribution in [2.24, 2.45) is 0 Å². The number of para-hydroxylation sites is 1. The summed E-state index contributed by atoms with van der Waals surface area (Å²) in [6.07, 6.45) is 1.62. The number of Topliss-reactive ketones (excluding diaryl/α,β-unsaturated/α-hetero) is 1. The number of ketones is 1. The fourth-order valence-electron chi connectivity index (χ4n) is 3.00. The van der Waals surface area contributed by atoms with Crippen LogP contribution in [0.4, 0.5) is 5.82 Å². The van der Waals surface area contributed by atoms with E-state index in [0.717, 1.165) is 21.1 Å². The quantitative estimate of drug-likeness (QED) is 0.585. The van der Waals surface area contributed by atoms with Crippen LogP contribution in [0.2, 0.25) is 0 Å². The van der Waals surface area contributed by atoms with Crippen molar-refractivity contribution in [2.45, 2.75) is 19.9 Å². The molecule has 0 saturated heterocycles. The van der Waals surface area contributed by atoms with Gasteiger partial charge in [-0.25, -0.2) is 4.98 Å². The fraction of sp³-hybridized carbons (Fsp3) is 0.250. The smallest absolute Gasteiger partial charge is 0.239 e. The molecule has 2 heterocycles. The van der Waals surface area contributed by atoms with Crippen molar-refractivity contribution in [2.75, 3.05) is 18.9 Å². The summed E-state index contributed by atoms with van der Waals surface area (Å²) in [5, 5.41) is 3.65. The van der Waals surface area contributed by atoms with Crippen molar-refractivity contribution in [3.63, 3.8) is 0 Å². The summed E-state index contributed by atoms with van der Waals surface area (Å²) in [6, 6.07) is 10.8. The maximum atomic E-state index is 13.0. The van der Waals surface area contributed by atoms with Crippen LogP contribution in [0.15, 0.2) is 47.1 Å². The Labute approximate surface area is 166 Å². The minimum Gasteiger partial charge on any atom is -0.358 e. The van der Waals surface area contributed by atoms with Gasteiger partial charge in [0.1, 0.15) is 5.82 Å². The standard InChI is InChI=1S/C20H21BrN4O2/c1-12-19(15-6-4-5-7-16(15)23-12)20(27)13(2)25(3)11-18(26)24-17-9-8-14(21)10-22-17/h4-10,13,23H,11H2,1-3H3,(H,22,24,26). The Balaban J connectivity index is 1.69. The Morgan fingerprint density at radius 1 is 1.26 bits per heavy atom. The lowest BCUT2D eigenvalue weighted by atomic mass is 10.0. The van der Waals surface area contributed by atoms with E-state index >= 15 is 0 Å². The van der Waals surface area contributed by atoms with E-state index in [1.807, 2.05) is 38.1 Å². The SMILES string of the molecule is Cc1[nH]c2ccccc2c1C(=O)C(C)N(C)CC(=O)Nc1ccc(Br)cn1. The summed E-state index contributed by atoms with van der Waals surface area (Å²) in [5.41, 5.74) is 2.46. The average molecular weight is 429 g/mol. The van der Waals surface area contributed by atoms with Crippen LogP contribution in [-0.4, -0.2) is 46.2 Å². The summed E-state index contributed by atoms with van der Waals surface area (Å²) in [5.74, 6) is 0.243. The van der Waals surface area contributed by atoms with Gasteiger partial charge >= 0.3 is 0 Å². The van der Waals surface area contributed by atoms with Crippen LogP contribution >= 0.6 is 15.9 Å². The number of nitrogens with zero attached hydrogens (tertiary/aromatic N) is 2. The molecule has 7 heteroatoms. The molecule has 1 aromatic carbocycles. The Bertz CT molecular complexity index is 981. The minimum absolute atomic E-state index is 0.0120. The average Bonchev–Trinajstić information content (AvgIpc) is 2.98. The highest BCUT2D eigenvalue weighted by Gasteiger charge is 2.25. The van der Waals surface area contributed by atoms with Gasteiger partial charge in [-0.15, -0.1) is 0 Å². The number of aryl methyl sites for hydroxylation is 1. The molecule has 0 aliphatic heterocycles. The molecule has 0 aliphatic rings. The maximum Gasteiger partial charge on any atom is 0.239 e. The number of halogens is 1. The molecular formula is C20H21BrN4O2. The van der Waals surface area contributed by atoms with Gasteiger partial charge < -0.3 is 10.3 Å². The number of benzene rings is 1. The molecule has 140 valence electrons. The maximum absolute atomic E-state index is 13.0. The van der Waals surface area contributed by atoms with Crippen LogP contribution in [0.5, 0.6) is 0 Å². The predicted octanol–water partition coefficient (Wildman–Crippen LogP) is 3.78. The first-order valence-corrected chi connectivity index (χ1v) is 9.39. The van der Waals surface area contributed by atoms with E-state index in [1.165, 1.54) is 0 Å². The van der Waals surface area contributed by atoms with E-state index in [9.17, 15) is 9.59 Å². The lowest BCUT2D eigenvalue weighted by molar-refractivity contribution is -0.117. The first-order chi connectivity index (χ1) is 12.9. The van der Waals surface area contributed by atoms with E-state index in [-0.39, 0.29) is 18.2 Å². The molecule has 0 spiro atoms. The molecular weight excluding hydrogens is 408 g/mol. The second kappa shape index (κ2) is 8.02. The van der Waals surface area contributed by atoms with Crippen LogP contribution in [0.1, 0.15) is 23.0 Å². The first kappa shape index (κ1) is 19.3. The number of rotatable bonds is 6. The number of hydrogen-bond acceptors (Lipinski definition) is 4. The summed E-state index contributed by atoms with van der Waals surface area (Å²) in [6.45, 7) is 3.80. The highest BCUT2D eigenvalue weighted by molar-refractivity contribution is 9.10. The van der Waals surface area contributed by atoms with E-state index in [2.05, 4.69) is 31.2 Å². The summed E-state index contributed by atoms with van der Waals surface area (Å²) >= 11 is 3.31. The molecule has 27 heavy (non-hydrogen) atoms. The zero-order chi connectivity index (χ0) is 19.6. The lowest BCUT2D eigenvalue weighted by Gasteiger charge is -2.23. The highest BCUT2D eigenvalue weighted by atomic mass is 79.9. The number of likely N-dealkylation sites (N-methyl/N-ethyl adjacent to an activating group) is 1. The number of aromatic amines is 1. The van der Waals surface area contributed by atoms with Gasteiger partial charge in [0.2, 0.25) is 5.91 Å². The fourth-order valence-corrected chi connectivity index (χ4v) is 3.23. The van der Waals surface area contributed by atoms with Crippen molar-refractivity contribution < 1.29 is 9.59 Å². The van der Waals surface area contributed by atoms with Crippen molar-refractivity contribution in [3.8, 4) is 0 Å². The number of hydrogen-bond donors (Lipinski definition) is 2. The molecule has 6 nitrogen and oxygen atoms in total. The number of anilines is 1. The van der Waals surface area contributed by atoms with Gasteiger partial charge in [-0.05, 0) is 55.0 Å². The van der Waals surface area contributed by atoms with E-state index in [0.29, 0.717) is 11.4 Å². The van der Waals surface area contributed by atoms with Crippen LogP contribution < -0.4 is 5.32 Å². The number of pyridine rings is 1. The van der Waals surface area contributed by atoms with Crippen molar-refractivity contribution in [1.82, 2.24) is 14.9 Å². The van der Waals surface area contributed by atoms with Gasteiger partial charge in [0.15, 0.2) is 5.78 Å². The Hall–Kier alpha value is -2.51. The third kappa shape index (κ3) is 4.26. The van der Waals surface area contributed by atoms with Gasteiger partial charge in [0, 0.05) is 32.8 Å². The van der Waals surface area contributed by atoms with Crippen LogP contribution in [0, 0.1) is 6.92 Å². The van der Waals surface area contributed by atoms with E-state index in [1.54, 1.807) is 30.3 Å². The third-order valence-electron chi connectivity index (χ3n) is 4.57. The van der Waals surface area contributed by atoms with Crippen molar-refractivity contribution in [3.05, 3.63) is 58.3 Å². The number of carbonyl (C=O) groups excluding carboxylic acids is 2. The van der Waals surface area contributed by atoms with E-state index in [4.69, 9.17) is 0 Å². The molecule has 0 aliphatic carbocycles. The van der Waals surface area contributed by atoms with Gasteiger partial charge in [-0.1, -0.05) is 18.2 Å². The van der Waals surface area contributed by atoms with Crippen LogP contribution in [0.3, 0.4) is 0 Å². The number of aromatic nitrogens is 2. The Morgan fingerprint density at radius 2 is 2.00 bits per heavy atom. The highest BCUT2D eigenvalue weighted by Crippen LogP contribution is 2.24. The second-order valence-electron chi connectivity index (χ2n) is 6.54. The number of fused-ring (bicyclic) bond motifs is 1. The van der Waals surface area contributed by atoms with Gasteiger partial charge in [-0.2, -0.15) is 0 Å². The van der Waals surface area contributed by atoms with E-state index < -0.39 is 6.04 Å². The normalized spacial score (nSPS) is 12.3. The molecule has 0 fully saturated rings. The van der Waals surface area contributed by atoms with Crippen LogP contribution in [-0.2, 0) is 4.79 Å². The van der Waals surface area contributed by atoms with Crippen LogP contribution in [0.25, 0.3) is 10.9 Å². The topological polar surface area (TPSA) is 78.1 Å². The molecule has 0 bridgehead atoms. The minimum atomic E-state index is -0.438. The Kier molecular flexibility index (Phi) is 5.72. The number of H-pyrrole nitrogens is 1. The number of amides is 1. The molecule has 1 atom stereocenters. The monoisotopic (exact) mass is 428 g/mol. The largest absolute Gasteiger partial charge is 0.358 e. The molecule has 2 N–H and O–H groups in total.